The smallest absolute Gasteiger partial charge is 0.268 e. The Morgan fingerprint density at radius 3 is 2.60 bits per heavy atom. The van der Waals surface area contributed by atoms with E-state index < -0.39 is 10.0 Å². The van der Waals surface area contributed by atoms with E-state index >= 15 is 0 Å². The van der Waals surface area contributed by atoms with E-state index in [0.717, 1.165) is 57.5 Å². The predicted molar refractivity (Wildman–Crippen MR) is 134 cm³/mol. The highest BCUT2D eigenvalue weighted by molar-refractivity contribution is 7.93. The topological polar surface area (TPSA) is 79.4 Å². The largest absolute Gasteiger partial charge is 0.495 e. The minimum Gasteiger partial charge on any atom is -0.495 e. The van der Waals surface area contributed by atoms with Gasteiger partial charge >= 0.3 is 0 Å². The maximum atomic E-state index is 13.8. The van der Waals surface area contributed by atoms with Crippen LogP contribution in [0.2, 0.25) is 0 Å². The first-order valence-electron chi connectivity index (χ1n) is 12.4. The van der Waals surface area contributed by atoms with Gasteiger partial charge in [-0.25, -0.2) is 8.42 Å². The first kappa shape index (κ1) is 24.1. The summed E-state index contributed by atoms with van der Waals surface area (Å²) in [6.07, 6.45) is 4.11. The predicted octanol–water partition coefficient (Wildman–Crippen LogP) is 2.77. The van der Waals surface area contributed by atoms with Crippen LogP contribution in [0.25, 0.3) is 0 Å². The van der Waals surface area contributed by atoms with E-state index in [1.54, 1.807) is 17.0 Å². The number of hydrogen-bond donors (Lipinski definition) is 0. The number of rotatable bonds is 6. The average Bonchev–Trinajstić information content (AvgIpc) is 3.41. The zero-order chi connectivity index (χ0) is 24.4. The normalized spacial score (nSPS) is 21.1. The molecule has 3 aliphatic heterocycles. The van der Waals surface area contributed by atoms with Crippen LogP contribution >= 0.6 is 0 Å². The van der Waals surface area contributed by atoms with Crippen molar-refractivity contribution in [3.63, 3.8) is 0 Å². The summed E-state index contributed by atoms with van der Waals surface area (Å²) in [5, 5.41) is 0. The lowest BCUT2D eigenvalue weighted by Gasteiger charge is -2.36. The molecule has 2 saturated heterocycles. The standard InChI is InChI=1S/C26H33N3O5S/c1-33-24-11-10-21(26(30)28-15-13-27(14-16-28)19-22-8-5-17-34-22)18-25(24)35(31,32)29-12-4-7-20-6-2-3-9-23(20)29/h2-3,6,9-11,18,22H,4-5,7-8,12-17,19H2,1H3. The van der Waals surface area contributed by atoms with Gasteiger partial charge in [0, 0.05) is 51.4 Å². The molecule has 35 heavy (non-hydrogen) atoms. The van der Waals surface area contributed by atoms with Crippen LogP contribution in [0.3, 0.4) is 0 Å². The lowest BCUT2D eigenvalue weighted by molar-refractivity contribution is 0.0432. The van der Waals surface area contributed by atoms with Crippen LogP contribution in [0.1, 0.15) is 35.2 Å². The van der Waals surface area contributed by atoms with Crippen molar-refractivity contribution in [1.29, 1.82) is 0 Å². The number of carbonyl (C=O) groups excluding carboxylic acids is 1. The molecule has 188 valence electrons. The van der Waals surface area contributed by atoms with E-state index in [1.807, 2.05) is 24.3 Å². The van der Waals surface area contributed by atoms with Crippen molar-refractivity contribution in [3.05, 3.63) is 53.6 Å². The fourth-order valence-electron chi connectivity index (χ4n) is 5.27. The second-order valence-corrected chi connectivity index (χ2v) is 11.2. The lowest BCUT2D eigenvalue weighted by atomic mass is 10.0. The van der Waals surface area contributed by atoms with Gasteiger partial charge in [0.15, 0.2) is 0 Å². The van der Waals surface area contributed by atoms with Gasteiger partial charge in [-0.2, -0.15) is 0 Å². The molecule has 0 spiro atoms. The highest BCUT2D eigenvalue weighted by Crippen LogP contribution is 2.35. The van der Waals surface area contributed by atoms with Crippen LogP contribution < -0.4 is 9.04 Å². The van der Waals surface area contributed by atoms with Crippen molar-refractivity contribution in [2.75, 3.05) is 57.3 Å². The summed E-state index contributed by atoms with van der Waals surface area (Å²) in [6, 6.07) is 12.3. The molecule has 9 heteroatoms. The molecule has 0 aliphatic carbocycles. The second-order valence-electron chi connectivity index (χ2n) is 9.40. The van der Waals surface area contributed by atoms with Gasteiger partial charge in [-0.15, -0.1) is 0 Å². The molecule has 0 N–H and O–H groups in total. The third-order valence-corrected chi connectivity index (χ3v) is 9.03. The first-order valence-corrected chi connectivity index (χ1v) is 13.8. The SMILES string of the molecule is COc1ccc(C(=O)N2CCN(CC3CCCO3)CC2)cc1S(=O)(=O)N1CCCc2ccccc21. The number of carbonyl (C=O) groups is 1. The second kappa shape index (κ2) is 10.2. The quantitative estimate of drug-likeness (QED) is 0.608. The Morgan fingerprint density at radius 2 is 1.86 bits per heavy atom. The summed E-state index contributed by atoms with van der Waals surface area (Å²) in [4.78, 5) is 17.5. The van der Waals surface area contributed by atoms with Crippen molar-refractivity contribution in [2.24, 2.45) is 0 Å². The number of methoxy groups -OCH3 is 1. The van der Waals surface area contributed by atoms with E-state index in [2.05, 4.69) is 4.90 Å². The Morgan fingerprint density at radius 1 is 1.06 bits per heavy atom. The highest BCUT2D eigenvalue weighted by Gasteiger charge is 2.33. The maximum absolute atomic E-state index is 13.8. The molecule has 0 bridgehead atoms. The minimum atomic E-state index is -3.91. The number of hydrogen-bond acceptors (Lipinski definition) is 6. The molecule has 5 rings (SSSR count). The number of ether oxygens (including phenoxy) is 2. The van der Waals surface area contributed by atoms with Crippen molar-refractivity contribution in [3.8, 4) is 5.75 Å². The van der Waals surface area contributed by atoms with Crippen LogP contribution in [-0.4, -0.2) is 83.2 Å². The van der Waals surface area contributed by atoms with Crippen molar-refractivity contribution in [1.82, 2.24) is 9.80 Å². The molecule has 2 aromatic rings. The third-order valence-electron chi connectivity index (χ3n) is 7.19. The summed E-state index contributed by atoms with van der Waals surface area (Å²) < 4.78 is 40.2. The number of nitrogens with zero attached hydrogens (tertiary/aromatic N) is 3. The zero-order valence-corrected chi connectivity index (χ0v) is 21.0. The molecule has 2 fully saturated rings. The van der Waals surface area contributed by atoms with Gasteiger partial charge in [-0.05, 0) is 55.5 Å². The number of fused-ring (bicyclic) bond motifs is 1. The number of sulfonamides is 1. The van der Waals surface area contributed by atoms with Gasteiger partial charge in [0.1, 0.15) is 10.6 Å². The zero-order valence-electron chi connectivity index (χ0n) is 20.2. The summed E-state index contributed by atoms with van der Waals surface area (Å²) in [7, 11) is -2.46. The molecule has 1 atom stereocenters. The summed E-state index contributed by atoms with van der Waals surface area (Å²) >= 11 is 0. The van der Waals surface area contributed by atoms with Crippen molar-refractivity contribution >= 4 is 21.6 Å². The van der Waals surface area contributed by atoms with Crippen LogP contribution in [0.5, 0.6) is 5.75 Å². The minimum absolute atomic E-state index is 0.0274. The van der Waals surface area contributed by atoms with E-state index in [4.69, 9.17) is 9.47 Å². The number of aryl methyl sites for hydroxylation is 1. The molecule has 0 saturated carbocycles. The van der Waals surface area contributed by atoms with Gasteiger partial charge in [0.05, 0.1) is 18.9 Å². The Bertz CT molecular complexity index is 1170. The number of amides is 1. The first-order chi connectivity index (χ1) is 17.0. The van der Waals surface area contributed by atoms with E-state index in [1.165, 1.54) is 17.5 Å². The summed E-state index contributed by atoms with van der Waals surface area (Å²) in [5.74, 6) is 0.0888. The van der Waals surface area contributed by atoms with Crippen LogP contribution in [0, 0.1) is 0 Å². The molecular formula is C26H33N3O5S. The van der Waals surface area contributed by atoms with Crippen molar-refractivity contribution < 1.29 is 22.7 Å². The lowest BCUT2D eigenvalue weighted by Crippen LogP contribution is -2.50. The molecule has 3 aliphatic rings. The number of para-hydroxylation sites is 1. The van der Waals surface area contributed by atoms with E-state index in [9.17, 15) is 13.2 Å². The van der Waals surface area contributed by atoms with Gasteiger partial charge < -0.3 is 14.4 Å². The summed E-state index contributed by atoms with van der Waals surface area (Å²) in [5.41, 5.74) is 2.07. The molecule has 2 aromatic carbocycles. The molecule has 0 aromatic heterocycles. The monoisotopic (exact) mass is 499 g/mol. The van der Waals surface area contributed by atoms with Gasteiger partial charge in [-0.3, -0.25) is 14.0 Å². The van der Waals surface area contributed by atoms with Crippen LogP contribution in [-0.2, 0) is 21.2 Å². The fourth-order valence-corrected chi connectivity index (χ4v) is 7.00. The Balaban J connectivity index is 1.35. The highest BCUT2D eigenvalue weighted by atomic mass is 32.2. The molecular weight excluding hydrogens is 466 g/mol. The average molecular weight is 500 g/mol. The van der Waals surface area contributed by atoms with Gasteiger partial charge in [-0.1, -0.05) is 18.2 Å². The Hall–Kier alpha value is -2.62. The van der Waals surface area contributed by atoms with Crippen LogP contribution in [0.4, 0.5) is 5.69 Å². The fraction of sp³-hybridized carbons (Fsp3) is 0.500. The number of piperazine rings is 1. The number of benzene rings is 2. The van der Waals surface area contributed by atoms with Crippen LogP contribution in [0.15, 0.2) is 47.4 Å². The van der Waals surface area contributed by atoms with Gasteiger partial charge in [0.2, 0.25) is 0 Å². The molecule has 0 radical (unpaired) electrons. The van der Waals surface area contributed by atoms with E-state index in [0.29, 0.717) is 37.0 Å². The molecule has 3 heterocycles. The number of anilines is 1. The Labute approximate surface area is 207 Å². The Kier molecular flexibility index (Phi) is 7.00. The summed E-state index contributed by atoms with van der Waals surface area (Å²) in [6.45, 7) is 4.94. The van der Waals surface area contributed by atoms with E-state index in [-0.39, 0.29) is 16.6 Å². The maximum Gasteiger partial charge on any atom is 0.268 e. The van der Waals surface area contributed by atoms with Gasteiger partial charge in [0.25, 0.3) is 15.9 Å². The molecule has 8 nitrogen and oxygen atoms in total. The third kappa shape index (κ3) is 4.90. The molecule has 1 amide bonds. The molecule has 1 unspecified atom stereocenters. The van der Waals surface area contributed by atoms with Crippen molar-refractivity contribution in [2.45, 2.75) is 36.7 Å².